The van der Waals surface area contributed by atoms with Crippen molar-refractivity contribution in [3.05, 3.63) is 41.2 Å². The molecule has 1 heterocycles. The minimum Gasteiger partial charge on any atom is -0.378 e. The predicted octanol–water partition coefficient (Wildman–Crippen LogP) is 3.17. The second-order valence-corrected chi connectivity index (χ2v) is 4.49. The van der Waals surface area contributed by atoms with E-state index in [1.807, 2.05) is 27.1 Å². The molecule has 1 aromatic heterocycles. The lowest BCUT2D eigenvalue weighted by Gasteiger charge is -2.13. The van der Waals surface area contributed by atoms with E-state index in [-0.39, 0.29) is 0 Å². The smallest absolute Gasteiger partial charge is 0.152 e. The molecule has 88 valence electrons. The Hall–Kier alpha value is -1.61. The fraction of sp³-hybridized carbons (Fsp3) is 0.231. The van der Waals surface area contributed by atoms with Gasteiger partial charge in [0.15, 0.2) is 5.15 Å². The zero-order valence-electron chi connectivity index (χ0n) is 10.1. The van der Waals surface area contributed by atoms with Gasteiger partial charge in [-0.15, -0.1) is 5.10 Å². The molecule has 4 heteroatoms. The molecule has 0 aliphatic rings. The first kappa shape index (κ1) is 11.9. The molecule has 0 spiro atoms. The van der Waals surface area contributed by atoms with Gasteiger partial charge in [-0.1, -0.05) is 23.7 Å². The number of benzene rings is 1. The Morgan fingerprint density at radius 2 is 1.71 bits per heavy atom. The average molecular weight is 248 g/mol. The molecule has 0 saturated carbocycles. The molecule has 17 heavy (non-hydrogen) atoms. The Morgan fingerprint density at radius 1 is 1.06 bits per heavy atom. The highest BCUT2D eigenvalue weighted by Gasteiger charge is 2.05. The molecule has 0 bridgehead atoms. The van der Waals surface area contributed by atoms with E-state index in [4.69, 9.17) is 11.6 Å². The molecular weight excluding hydrogens is 234 g/mol. The van der Waals surface area contributed by atoms with Gasteiger partial charge in [0.25, 0.3) is 0 Å². The molecular formula is C13H14ClN3. The highest BCUT2D eigenvalue weighted by Crippen LogP contribution is 2.25. The first-order valence-corrected chi connectivity index (χ1v) is 5.73. The van der Waals surface area contributed by atoms with Crippen LogP contribution < -0.4 is 4.90 Å². The van der Waals surface area contributed by atoms with Gasteiger partial charge in [0.05, 0.1) is 5.69 Å². The van der Waals surface area contributed by atoms with E-state index >= 15 is 0 Å². The van der Waals surface area contributed by atoms with Crippen molar-refractivity contribution in [2.75, 3.05) is 19.0 Å². The molecule has 0 saturated heterocycles. The van der Waals surface area contributed by atoms with Crippen LogP contribution in [0.15, 0.2) is 30.3 Å². The summed E-state index contributed by atoms with van der Waals surface area (Å²) in [4.78, 5) is 2.06. The first-order valence-electron chi connectivity index (χ1n) is 5.35. The number of anilines is 1. The molecule has 0 radical (unpaired) electrons. The van der Waals surface area contributed by atoms with E-state index in [0.29, 0.717) is 5.15 Å². The van der Waals surface area contributed by atoms with Crippen molar-refractivity contribution < 1.29 is 0 Å². The van der Waals surface area contributed by atoms with Crippen LogP contribution in [0.4, 0.5) is 5.69 Å². The van der Waals surface area contributed by atoms with E-state index in [0.717, 1.165) is 16.8 Å². The zero-order chi connectivity index (χ0) is 12.4. The van der Waals surface area contributed by atoms with Gasteiger partial charge in [-0.25, -0.2) is 0 Å². The monoisotopic (exact) mass is 247 g/mol. The van der Waals surface area contributed by atoms with Crippen molar-refractivity contribution in [2.24, 2.45) is 0 Å². The minimum atomic E-state index is 0.419. The Bertz CT molecular complexity index is 521. The molecule has 0 atom stereocenters. The van der Waals surface area contributed by atoms with Crippen molar-refractivity contribution in [1.29, 1.82) is 0 Å². The Kier molecular flexibility index (Phi) is 3.29. The van der Waals surface area contributed by atoms with Gasteiger partial charge in [-0.2, -0.15) is 5.10 Å². The number of hydrogen-bond donors (Lipinski definition) is 0. The standard InChI is InChI=1S/C13H14ClN3/c1-9-12(8-13(14)16-15-9)10-4-6-11(7-5-10)17(2)3/h4-8H,1-3H3. The van der Waals surface area contributed by atoms with Crippen molar-refractivity contribution in [1.82, 2.24) is 10.2 Å². The van der Waals surface area contributed by atoms with Crippen molar-refractivity contribution >= 4 is 17.3 Å². The third kappa shape index (κ3) is 2.56. The van der Waals surface area contributed by atoms with Crippen LogP contribution in [0.2, 0.25) is 5.15 Å². The van der Waals surface area contributed by atoms with E-state index < -0.39 is 0 Å². The van der Waals surface area contributed by atoms with Gasteiger partial charge in [0.2, 0.25) is 0 Å². The Labute approximate surface area is 106 Å². The summed E-state index contributed by atoms with van der Waals surface area (Å²) < 4.78 is 0. The summed E-state index contributed by atoms with van der Waals surface area (Å²) in [5.41, 5.74) is 4.17. The number of nitrogens with zero attached hydrogens (tertiary/aromatic N) is 3. The number of hydrogen-bond acceptors (Lipinski definition) is 3. The van der Waals surface area contributed by atoms with E-state index in [1.54, 1.807) is 0 Å². The minimum absolute atomic E-state index is 0.419. The average Bonchev–Trinajstić information content (AvgIpc) is 2.32. The summed E-state index contributed by atoms with van der Waals surface area (Å²) in [6.45, 7) is 1.93. The SMILES string of the molecule is Cc1nnc(Cl)cc1-c1ccc(N(C)C)cc1. The van der Waals surface area contributed by atoms with Gasteiger partial charge >= 0.3 is 0 Å². The molecule has 2 aromatic rings. The second-order valence-electron chi connectivity index (χ2n) is 4.11. The quantitative estimate of drug-likeness (QED) is 0.816. The summed E-state index contributed by atoms with van der Waals surface area (Å²) in [6.07, 6.45) is 0. The maximum absolute atomic E-state index is 5.87. The van der Waals surface area contributed by atoms with Gasteiger partial charge in [-0.05, 0) is 30.7 Å². The van der Waals surface area contributed by atoms with Crippen molar-refractivity contribution in [2.45, 2.75) is 6.92 Å². The van der Waals surface area contributed by atoms with Crippen LogP contribution in [-0.4, -0.2) is 24.3 Å². The lowest BCUT2D eigenvalue weighted by atomic mass is 10.1. The summed E-state index contributed by atoms with van der Waals surface area (Å²) in [5, 5.41) is 8.26. The predicted molar refractivity (Wildman–Crippen MR) is 71.5 cm³/mol. The van der Waals surface area contributed by atoms with Gasteiger partial charge in [0, 0.05) is 25.3 Å². The van der Waals surface area contributed by atoms with Crippen LogP contribution in [0, 0.1) is 6.92 Å². The van der Waals surface area contributed by atoms with Crippen molar-refractivity contribution in [3.63, 3.8) is 0 Å². The van der Waals surface area contributed by atoms with Gasteiger partial charge in [0.1, 0.15) is 0 Å². The second kappa shape index (κ2) is 4.72. The fourth-order valence-corrected chi connectivity index (χ4v) is 1.81. The third-order valence-electron chi connectivity index (χ3n) is 2.64. The summed E-state index contributed by atoms with van der Waals surface area (Å²) in [5.74, 6) is 0. The molecule has 0 aliphatic heterocycles. The van der Waals surface area contributed by atoms with Crippen LogP contribution in [0.5, 0.6) is 0 Å². The highest BCUT2D eigenvalue weighted by molar-refractivity contribution is 6.29. The topological polar surface area (TPSA) is 29.0 Å². The third-order valence-corrected chi connectivity index (χ3v) is 2.83. The maximum atomic E-state index is 5.87. The van der Waals surface area contributed by atoms with Gasteiger partial charge < -0.3 is 4.90 Å². The van der Waals surface area contributed by atoms with Crippen LogP contribution in [-0.2, 0) is 0 Å². The van der Waals surface area contributed by atoms with Crippen LogP contribution in [0.25, 0.3) is 11.1 Å². The van der Waals surface area contributed by atoms with Crippen LogP contribution in [0.1, 0.15) is 5.69 Å². The van der Waals surface area contributed by atoms with E-state index in [9.17, 15) is 0 Å². The van der Waals surface area contributed by atoms with Crippen LogP contribution >= 0.6 is 11.6 Å². The molecule has 0 N–H and O–H groups in total. The molecule has 0 amide bonds. The fourth-order valence-electron chi connectivity index (χ4n) is 1.66. The summed E-state index contributed by atoms with van der Waals surface area (Å²) >= 11 is 5.87. The number of rotatable bonds is 2. The Morgan fingerprint density at radius 3 is 2.29 bits per heavy atom. The Balaban J connectivity index is 2.43. The number of aromatic nitrogens is 2. The number of aryl methyl sites for hydroxylation is 1. The molecule has 1 aromatic carbocycles. The zero-order valence-corrected chi connectivity index (χ0v) is 10.9. The van der Waals surface area contributed by atoms with E-state index in [2.05, 4.69) is 39.4 Å². The largest absolute Gasteiger partial charge is 0.378 e. The maximum Gasteiger partial charge on any atom is 0.152 e. The highest BCUT2D eigenvalue weighted by atomic mass is 35.5. The summed E-state index contributed by atoms with van der Waals surface area (Å²) in [7, 11) is 4.04. The molecule has 0 fully saturated rings. The lowest BCUT2D eigenvalue weighted by molar-refractivity contribution is 0.984. The molecule has 0 aliphatic carbocycles. The molecule has 0 unspecified atom stereocenters. The first-order chi connectivity index (χ1) is 8.08. The van der Waals surface area contributed by atoms with Gasteiger partial charge in [-0.3, -0.25) is 0 Å². The molecule has 3 nitrogen and oxygen atoms in total. The summed E-state index contributed by atoms with van der Waals surface area (Å²) in [6, 6.07) is 10.1. The van der Waals surface area contributed by atoms with Crippen molar-refractivity contribution in [3.8, 4) is 11.1 Å². The normalized spacial score (nSPS) is 10.4. The van der Waals surface area contributed by atoms with E-state index in [1.165, 1.54) is 5.69 Å². The number of halogens is 1. The van der Waals surface area contributed by atoms with Crippen LogP contribution in [0.3, 0.4) is 0 Å². The lowest BCUT2D eigenvalue weighted by Crippen LogP contribution is -2.07. The molecule has 2 rings (SSSR count).